The number of carboxylic acid groups (broad SMARTS) is 1. The first-order chi connectivity index (χ1) is 17.0. The van der Waals surface area contributed by atoms with E-state index in [9.17, 15) is 9.90 Å². The van der Waals surface area contributed by atoms with Crippen LogP contribution in [0.2, 0.25) is 5.15 Å². The summed E-state index contributed by atoms with van der Waals surface area (Å²) in [6, 6.07) is 27.0. The van der Waals surface area contributed by atoms with Gasteiger partial charge < -0.3 is 9.67 Å². The van der Waals surface area contributed by atoms with Crippen LogP contribution < -0.4 is 0 Å². The van der Waals surface area contributed by atoms with Crippen LogP contribution in [0.15, 0.2) is 78.9 Å². The minimum atomic E-state index is -1.06. The van der Waals surface area contributed by atoms with Crippen LogP contribution in [-0.2, 0) is 22.6 Å². The normalized spacial score (nSPS) is 10.2. The molecule has 0 radical (unpaired) electrons. The van der Waals surface area contributed by atoms with Gasteiger partial charge >= 0.3 is 12.1 Å². The molecule has 0 aliphatic carbocycles. The van der Waals surface area contributed by atoms with Gasteiger partial charge in [-0.1, -0.05) is 97.7 Å². The van der Waals surface area contributed by atoms with Gasteiger partial charge in [0.25, 0.3) is 0 Å². The predicted octanol–water partition coefficient (Wildman–Crippen LogP) is 6.38. The van der Waals surface area contributed by atoms with E-state index < -0.39 is 5.97 Å². The van der Waals surface area contributed by atoms with Crippen LogP contribution >= 0.6 is 11.6 Å². The third kappa shape index (κ3) is 6.54. The number of carboxylic acids is 1. The minimum Gasteiger partial charge on any atom is -0.476 e. The molecule has 0 aliphatic rings. The van der Waals surface area contributed by atoms with Gasteiger partial charge in [0.2, 0.25) is 0 Å². The summed E-state index contributed by atoms with van der Waals surface area (Å²) < 4.78 is 1.73. The van der Waals surface area contributed by atoms with Crippen LogP contribution in [0.4, 0.5) is 0 Å². The van der Waals surface area contributed by atoms with E-state index in [0.29, 0.717) is 18.8 Å². The molecular weight excluding hydrogens is 464 g/mol. The fourth-order valence-corrected chi connectivity index (χ4v) is 4.14. The summed E-state index contributed by atoms with van der Waals surface area (Å²) in [7, 11) is 0. The summed E-state index contributed by atoms with van der Waals surface area (Å²) in [4.78, 5) is 32.3. The molecule has 4 rings (SSSR count). The second kappa shape index (κ2) is 12.5. The van der Waals surface area contributed by atoms with Crippen molar-refractivity contribution >= 4 is 23.7 Å². The van der Waals surface area contributed by atoms with Gasteiger partial charge in [0, 0.05) is 13.0 Å². The molecule has 0 fully saturated rings. The lowest BCUT2D eigenvalue weighted by Crippen LogP contribution is -2.13. The maximum absolute atomic E-state index is 11.8. The Bertz CT molecular complexity index is 1310. The first-order valence-electron chi connectivity index (χ1n) is 11.2. The van der Waals surface area contributed by atoms with E-state index in [1.807, 2.05) is 30.3 Å². The Hall–Kier alpha value is -3.99. The smallest absolute Gasteiger partial charge is 0.373 e. The van der Waals surface area contributed by atoms with Crippen molar-refractivity contribution in [2.24, 2.45) is 0 Å². The van der Waals surface area contributed by atoms with Crippen LogP contribution in [0.5, 0.6) is 0 Å². The standard InChI is InChI=1S/C27H25ClN2O2.CO2/c1-2-3-12-24-29-26(28)25(27(31)32)30(24)18-19-13-15-21(16-14-19)23-11-7-10-22(17-23)20-8-5-4-6-9-20;2-1-3/h4-11,13-17H,2-3,12,18H2,1H3,(H,31,32);. The van der Waals surface area contributed by atoms with Gasteiger partial charge in [0.15, 0.2) is 10.8 Å². The average Bonchev–Trinajstić information content (AvgIpc) is 3.19. The number of carbonyl (C=O) groups excluding carboxylic acids is 2. The van der Waals surface area contributed by atoms with E-state index in [4.69, 9.17) is 21.2 Å². The van der Waals surface area contributed by atoms with Crippen molar-refractivity contribution in [3.63, 3.8) is 0 Å². The van der Waals surface area contributed by atoms with Crippen molar-refractivity contribution in [2.75, 3.05) is 0 Å². The summed E-state index contributed by atoms with van der Waals surface area (Å²) in [5.74, 6) is -0.339. The van der Waals surface area contributed by atoms with Gasteiger partial charge in [-0.3, -0.25) is 0 Å². The lowest BCUT2D eigenvalue weighted by atomic mass is 9.98. The van der Waals surface area contributed by atoms with Gasteiger partial charge in [0.05, 0.1) is 0 Å². The number of nitrogens with zero attached hydrogens (tertiary/aromatic N) is 2. The largest absolute Gasteiger partial charge is 0.476 e. The molecule has 178 valence electrons. The number of carbonyl (C=O) groups is 1. The number of imidazole rings is 1. The van der Waals surface area contributed by atoms with Crippen LogP contribution in [0, 0.1) is 0 Å². The van der Waals surface area contributed by atoms with Crippen molar-refractivity contribution < 1.29 is 19.5 Å². The zero-order valence-corrected chi connectivity index (χ0v) is 20.0. The first kappa shape index (κ1) is 25.6. The molecule has 0 atom stereocenters. The van der Waals surface area contributed by atoms with E-state index in [0.717, 1.165) is 29.5 Å². The zero-order valence-electron chi connectivity index (χ0n) is 19.3. The molecule has 1 aromatic heterocycles. The van der Waals surface area contributed by atoms with Gasteiger partial charge in [-0.2, -0.15) is 9.59 Å². The number of benzene rings is 3. The predicted molar refractivity (Wildman–Crippen MR) is 134 cm³/mol. The number of aryl methyl sites for hydroxylation is 1. The summed E-state index contributed by atoms with van der Waals surface area (Å²) >= 11 is 6.15. The topological polar surface area (TPSA) is 89.3 Å². The van der Waals surface area contributed by atoms with Gasteiger partial charge in [0.1, 0.15) is 5.82 Å². The molecule has 0 saturated heterocycles. The second-order valence-electron chi connectivity index (χ2n) is 7.89. The highest BCUT2D eigenvalue weighted by Gasteiger charge is 2.21. The zero-order chi connectivity index (χ0) is 25.2. The maximum Gasteiger partial charge on any atom is 0.373 e. The molecule has 7 heteroatoms. The summed E-state index contributed by atoms with van der Waals surface area (Å²) in [5.41, 5.74) is 5.66. The van der Waals surface area contributed by atoms with E-state index >= 15 is 0 Å². The Morgan fingerprint density at radius 3 is 2.06 bits per heavy atom. The third-order valence-corrected chi connectivity index (χ3v) is 5.82. The van der Waals surface area contributed by atoms with Crippen molar-refractivity contribution in [3.05, 3.63) is 101 Å². The molecule has 0 unspecified atom stereocenters. The number of aromatic nitrogens is 2. The van der Waals surface area contributed by atoms with E-state index in [1.165, 1.54) is 11.1 Å². The number of hydrogen-bond donors (Lipinski definition) is 1. The summed E-state index contributed by atoms with van der Waals surface area (Å²) in [5, 5.41) is 9.68. The summed E-state index contributed by atoms with van der Waals surface area (Å²) in [6.07, 6.45) is 2.89. The Morgan fingerprint density at radius 1 is 0.914 bits per heavy atom. The number of unbranched alkanes of at least 4 members (excludes halogenated alkanes) is 1. The Balaban J connectivity index is 0.00000108. The molecule has 0 saturated carbocycles. The number of halogens is 1. The molecule has 1 N–H and O–H groups in total. The first-order valence-corrected chi connectivity index (χ1v) is 11.6. The molecule has 4 aromatic rings. The van der Waals surface area contributed by atoms with E-state index in [2.05, 4.69) is 60.4 Å². The molecule has 0 aliphatic heterocycles. The second-order valence-corrected chi connectivity index (χ2v) is 8.25. The highest BCUT2D eigenvalue weighted by Crippen LogP contribution is 2.27. The highest BCUT2D eigenvalue weighted by molar-refractivity contribution is 6.32. The van der Waals surface area contributed by atoms with Crippen LogP contribution in [0.3, 0.4) is 0 Å². The number of aromatic carboxylic acids is 1. The molecule has 0 spiro atoms. The number of rotatable bonds is 8. The van der Waals surface area contributed by atoms with Crippen molar-refractivity contribution in [1.29, 1.82) is 0 Å². The fourth-order valence-electron chi connectivity index (χ4n) is 3.86. The molecular formula is C28H25ClN2O4. The fraction of sp³-hybridized carbons (Fsp3) is 0.179. The van der Waals surface area contributed by atoms with Crippen molar-refractivity contribution in [3.8, 4) is 22.3 Å². The Morgan fingerprint density at radius 2 is 1.49 bits per heavy atom. The van der Waals surface area contributed by atoms with Crippen molar-refractivity contribution in [1.82, 2.24) is 9.55 Å². The van der Waals surface area contributed by atoms with Gasteiger partial charge in [-0.05, 0) is 40.3 Å². The van der Waals surface area contributed by atoms with Gasteiger partial charge in [-0.15, -0.1) is 0 Å². The molecule has 3 aromatic carbocycles. The van der Waals surface area contributed by atoms with Crippen LogP contribution in [-0.4, -0.2) is 26.8 Å². The minimum absolute atomic E-state index is 0.0532. The molecule has 1 heterocycles. The molecule has 35 heavy (non-hydrogen) atoms. The number of hydrogen-bond acceptors (Lipinski definition) is 4. The van der Waals surface area contributed by atoms with Crippen LogP contribution in [0.25, 0.3) is 22.3 Å². The summed E-state index contributed by atoms with van der Waals surface area (Å²) in [6.45, 7) is 2.52. The molecule has 0 bridgehead atoms. The van der Waals surface area contributed by atoms with Crippen molar-refractivity contribution in [2.45, 2.75) is 32.7 Å². The maximum atomic E-state index is 11.8. The van der Waals surface area contributed by atoms with E-state index in [1.54, 1.807) is 4.57 Å². The van der Waals surface area contributed by atoms with E-state index in [-0.39, 0.29) is 17.0 Å². The Kier molecular flexibility index (Phi) is 9.13. The lowest BCUT2D eigenvalue weighted by Gasteiger charge is -2.11. The molecule has 0 amide bonds. The van der Waals surface area contributed by atoms with Gasteiger partial charge in [-0.25, -0.2) is 9.78 Å². The highest BCUT2D eigenvalue weighted by atomic mass is 35.5. The Labute approximate surface area is 208 Å². The lowest BCUT2D eigenvalue weighted by molar-refractivity contribution is -0.191. The third-order valence-electron chi connectivity index (χ3n) is 5.56. The van der Waals surface area contributed by atoms with Crippen LogP contribution in [0.1, 0.15) is 41.6 Å². The quantitative estimate of drug-likeness (QED) is 0.311. The SMILES string of the molecule is CCCCc1nc(Cl)c(C(=O)O)n1Cc1ccc(-c2cccc(-c3ccccc3)c2)cc1.O=C=O. The molecule has 6 nitrogen and oxygen atoms in total. The monoisotopic (exact) mass is 488 g/mol. The average molecular weight is 489 g/mol.